The zero-order valence-corrected chi connectivity index (χ0v) is 12.7. The molecule has 1 aliphatic heterocycles. The van der Waals surface area contributed by atoms with Crippen molar-refractivity contribution in [1.29, 1.82) is 0 Å². The van der Waals surface area contributed by atoms with Crippen LogP contribution < -0.4 is 5.32 Å². The summed E-state index contributed by atoms with van der Waals surface area (Å²) in [6, 6.07) is 10.2. The smallest absolute Gasteiger partial charge is 0.0475 e. The molecule has 1 aromatic rings. The van der Waals surface area contributed by atoms with Gasteiger partial charge in [-0.1, -0.05) is 38.1 Å². The molecule has 2 heteroatoms. The van der Waals surface area contributed by atoms with E-state index in [1.807, 2.05) is 0 Å². The minimum Gasteiger partial charge on any atom is -0.309 e. The topological polar surface area (TPSA) is 15.3 Å². The molecule has 0 bridgehead atoms. The molecule has 106 valence electrons. The van der Waals surface area contributed by atoms with Crippen LogP contribution in [0, 0.1) is 0 Å². The van der Waals surface area contributed by atoms with Crippen molar-refractivity contribution in [3.63, 3.8) is 0 Å². The summed E-state index contributed by atoms with van der Waals surface area (Å²) < 4.78 is 0. The third-order valence-electron chi connectivity index (χ3n) is 4.37. The standard InChI is InChI=1S/C17H28N2/c1-4-15-8-10-16(11-9-15)17(18-5-2)14(3)19-12-6-7-13-19/h8-11,14,17-18H,4-7,12-13H2,1-3H3. The Balaban J connectivity index is 2.12. The molecule has 2 rings (SSSR count). The average Bonchev–Trinajstić information content (AvgIpc) is 2.98. The van der Waals surface area contributed by atoms with Crippen LogP contribution in [0.15, 0.2) is 24.3 Å². The van der Waals surface area contributed by atoms with E-state index in [2.05, 4.69) is 55.3 Å². The van der Waals surface area contributed by atoms with Crippen molar-refractivity contribution in [3.05, 3.63) is 35.4 Å². The summed E-state index contributed by atoms with van der Waals surface area (Å²) in [6.45, 7) is 10.3. The van der Waals surface area contributed by atoms with E-state index in [9.17, 15) is 0 Å². The molecule has 1 heterocycles. The predicted octanol–water partition coefficient (Wildman–Crippen LogP) is 3.38. The van der Waals surface area contributed by atoms with Crippen LogP contribution in [0.1, 0.15) is 50.8 Å². The van der Waals surface area contributed by atoms with E-state index < -0.39 is 0 Å². The number of hydrogen-bond acceptors (Lipinski definition) is 2. The van der Waals surface area contributed by atoms with Crippen LogP contribution in [0.5, 0.6) is 0 Å². The fourth-order valence-electron chi connectivity index (χ4n) is 3.11. The number of likely N-dealkylation sites (tertiary alicyclic amines) is 1. The fraction of sp³-hybridized carbons (Fsp3) is 0.647. The first-order chi connectivity index (χ1) is 9.26. The second-order valence-corrected chi connectivity index (χ2v) is 5.61. The number of nitrogens with one attached hydrogen (secondary N) is 1. The third kappa shape index (κ3) is 3.58. The summed E-state index contributed by atoms with van der Waals surface area (Å²) in [5.74, 6) is 0. The van der Waals surface area contributed by atoms with Crippen molar-refractivity contribution in [2.75, 3.05) is 19.6 Å². The van der Waals surface area contributed by atoms with Gasteiger partial charge in [-0.3, -0.25) is 4.90 Å². The summed E-state index contributed by atoms with van der Waals surface area (Å²) >= 11 is 0. The number of aryl methyl sites for hydroxylation is 1. The Morgan fingerprint density at radius 2 is 1.74 bits per heavy atom. The molecule has 1 saturated heterocycles. The summed E-state index contributed by atoms with van der Waals surface area (Å²) in [4.78, 5) is 2.63. The summed E-state index contributed by atoms with van der Waals surface area (Å²) in [5, 5.41) is 3.67. The Morgan fingerprint density at radius 3 is 2.26 bits per heavy atom. The molecule has 19 heavy (non-hydrogen) atoms. The van der Waals surface area contributed by atoms with Gasteiger partial charge in [-0.05, 0) is 56.9 Å². The highest BCUT2D eigenvalue weighted by Gasteiger charge is 2.26. The largest absolute Gasteiger partial charge is 0.309 e. The molecule has 0 aromatic heterocycles. The lowest BCUT2D eigenvalue weighted by atomic mass is 9.97. The van der Waals surface area contributed by atoms with Crippen molar-refractivity contribution in [1.82, 2.24) is 10.2 Å². The Kier molecular flexibility index (Phi) is 5.41. The molecule has 1 aromatic carbocycles. The fourth-order valence-corrected chi connectivity index (χ4v) is 3.11. The van der Waals surface area contributed by atoms with E-state index in [4.69, 9.17) is 0 Å². The van der Waals surface area contributed by atoms with Gasteiger partial charge in [0, 0.05) is 12.1 Å². The summed E-state index contributed by atoms with van der Waals surface area (Å²) in [6.07, 6.45) is 3.84. The SMILES string of the molecule is CCNC(c1ccc(CC)cc1)C(C)N1CCCC1. The molecule has 2 nitrogen and oxygen atoms in total. The maximum atomic E-state index is 3.67. The van der Waals surface area contributed by atoms with Crippen molar-refractivity contribution in [2.24, 2.45) is 0 Å². The van der Waals surface area contributed by atoms with Crippen LogP contribution >= 0.6 is 0 Å². The lowest BCUT2D eigenvalue weighted by molar-refractivity contribution is 0.208. The molecular formula is C17H28N2. The zero-order chi connectivity index (χ0) is 13.7. The third-order valence-corrected chi connectivity index (χ3v) is 4.37. The van der Waals surface area contributed by atoms with Crippen molar-refractivity contribution in [3.8, 4) is 0 Å². The molecule has 2 unspecified atom stereocenters. The molecule has 1 fully saturated rings. The molecule has 2 atom stereocenters. The van der Waals surface area contributed by atoms with Crippen molar-refractivity contribution < 1.29 is 0 Å². The average molecular weight is 260 g/mol. The van der Waals surface area contributed by atoms with Crippen LogP contribution in [-0.2, 0) is 6.42 Å². The van der Waals surface area contributed by atoms with Gasteiger partial charge in [0.15, 0.2) is 0 Å². The number of likely N-dealkylation sites (N-methyl/N-ethyl adjacent to an activating group) is 1. The minimum atomic E-state index is 0.453. The van der Waals surface area contributed by atoms with Crippen molar-refractivity contribution >= 4 is 0 Å². The van der Waals surface area contributed by atoms with E-state index in [0.29, 0.717) is 12.1 Å². The minimum absolute atomic E-state index is 0.453. The van der Waals surface area contributed by atoms with Gasteiger partial charge < -0.3 is 5.32 Å². The lowest BCUT2D eigenvalue weighted by Crippen LogP contribution is -2.41. The quantitative estimate of drug-likeness (QED) is 0.843. The summed E-state index contributed by atoms with van der Waals surface area (Å²) in [5.41, 5.74) is 2.85. The molecule has 0 saturated carbocycles. The molecule has 1 aliphatic rings. The lowest BCUT2D eigenvalue weighted by Gasteiger charge is -2.32. The first-order valence-electron chi connectivity index (χ1n) is 7.82. The van der Waals surface area contributed by atoms with E-state index in [-0.39, 0.29) is 0 Å². The van der Waals surface area contributed by atoms with Gasteiger partial charge in [0.2, 0.25) is 0 Å². The van der Waals surface area contributed by atoms with Gasteiger partial charge in [0.25, 0.3) is 0 Å². The van der Waals surface area contributed by atoms with Crippen molar-refractivity contribution in [2.45, 2.75) is 52.1 Å². The van der Waals surface area contributed by atoms with Crippen LogP contribution in [0.3, 0.4) is 0 Å². The first kappa shape index (κ1) is 14.5. The van der Waals surface area contributed by atoms with Gasteiger partial charge in [0.05, 0.1) is 0 Å². The van der Waals surface area contributed by atoms with Crippen LogP contribution in [0.25, 0.3) is 0 Å². The number of benzene rings is 1. The Bertz CT molecular complexity index is 365. The second-order valence-electron chi connectivity index (χ2n) is 5.61. The Labute approximate surface area is 118 Å². The monoisotopic (exact) mass is 260 g/mol. The highest BCUT2D eigenvalue weighted by Crippen LogP contribution is 2.24. The maximum Gasteiger partial charge on any atom is 0.0475 e. The van der Waals surface area contributed by atoms with Gasteiger partial charge in [-0.25, -0.2) is 0 Å². The normalized spacial score (nSPS) is 19.5. The molecule has 0 amide bonds. The first-order valence-corrected chi connectivity index (χ1v) is 7.82. The van der Waals surface area contributed by atoms with E-state index >= 15 is 0 Å². The Hall–Kier alpha value is -0.860. The molecule has 0 spiro atoms. The number of hydrogen-bond donors (Lipinski definition) is 1. The zero-order valence-electron chi connectivity index (χ0n) is 12.7. The van der Waals surface area contributed by atoms with E-state index in [0.717, 1.165) is 13.0 Å². The van der Waals surface area contributed by atoms with Gasteiger partial charge >= 0.3 is 0 Å². The highest BCUT2D eigenvalue weighted by atomic mass is 15.2. The van der Waals surface area contributed by atoms with Crippen LogP contribution in [0.4, 0.5) is 0 Å². The van der Waals surface area contributed by atoms with Crippen LogP contribution in [0.2, 0.25) is 0 Å². The van der Waals surface area contributed by atoms with Crippen LogP contribution in [-0.4, -0.2) is 30.6 Å². The molecule has 1 N–H and O–H groups in total. The predicted molar refractivity (Wildman–Crippen MR) is 82.5 cm³/mol. The van der Waals surface area contributed by atoms with E-state index in [1.54, 1.807) is 0 Å². The molecule has 0 aliphatic carbocycles. The highest BCUT2D eigenvalue weighted by molar-refractivity contribution is 5.26. The van der Waals surface area contributed by atoms with E-state index in [1.165, 1.54) is 37.1 Å². The Morgan fingerprint density at radius 1 is 1.11 bits per heavy atom. The molecular weight excluding hydrogens is 232 g/mol. The maximum absolute atomic E-state index is 3.67. The summed E-state index contributed by atoms with van der Waals surface area (Å²) in [7, 11) is 0. The van der Waals surface area contributed by atoms with Gasteiger partial charge in [-0.15, -0.1) is 0 Å². The molecule has 0 radical (unpaired) electrons. The number of rotatable bonds is 6. The van der Waals surface area contributed by atoms with Gasteiger partial charge in [0.1, 0.15) is 0 Å². The second kappa shape index (κ2) is 7.06. The number of nitrogens with zero attached hydrogens (tertiary/aromatic N) is 1. The van der Waals surface area contributed by atoms with Gasteiger partial charge in [-0.2, -0.15) is 0 Å².